The van der Waals surface area contributed by atoms with Crippen LogP contribution >= 0.6 is 12.2 Å². The van der Waals surface area contributed by atoms with Gasteiger partial charge in [0.25, 0.3) is 0 Å². The molecule has 2 aliphatic rings. The molecule has 2 heterocycles. The predicted molar refractivity (Wildman–Crippen MR) is 115 cm³/mol. The van der Waals surface area contributed by atoms with Crippen LogP contribution in [-0.4, -0.2) is 68.2 Å². The molecule has 0 spiro atoms. The third-order valence-corrected chi connectivity index (χ3v) is 8.56. The van der Waals surface area contributed by atoms with Gasteiger partial charge in [-0.1, -0.05) is 24.4 Å². The van der Waals surface area contributed by atoms with Crippen LogP contribution < -0.4 is 0 Å². The maximum Gasteiger partial charge on any atom is 0.417 e. The Morgan fingerprint density at radius 3 is 2.45 bits per heavy atom. The smallest absolute Gasteiger partial charge is 0.417 e. The third-order valence-electron chi connectivity index (χ3n) is 6.00. The van der Waals surface area contributed by atoms with Gasteiger partial charge in [0.15, 0.2) is 9.84 Å². The number of carbonyl (C=O) groups excluding carboxylic acids is 2. The SMILES string of the molecule is COC(=O)[C@@H]1C[C@@H](S(=O)(=O)c2ccccc2C(F)(F)F)CN1C(=S)CC(=O)C1CCOCC1. The number of likely N-dealkylation sites (tertiary alicyclic amines) is 1. The van der Waals surface area contributed by atoms with Crippen molar-refractivity contribution < 1.29 is 40.7 Å². The normalized spacial score (nSPS) is 22.2. The number of halogens is 3. The van der Waals surface area contributed by atoms with Crippen LogP contribution in [0.3, 0.4) is 0 Å². The van der Waals surface area contributed by atoms with Gasteiger partial charge in [0.1, 0.15) is 11.8 Å². The number of ether oxygens (including phenoxy) is 2. The van der Waals surface area contributed by atoms with Crippen molar-refractivity contribution in [3.8, 4) is 0 Å². The van der Waals surface area contributed by atoms with Gasteiger partial charge in [0.2, 0.25) is 0 Å². The summed E-state index contributed by atoms with van der Waals surface area (Å²) in [6.45, 7) is 0.599. The zero-order chi connectivity index (χ0) is 24.4. The molecule has 7 nitrogen and oxygen atoms in total. The predicted octanol–water partition coefficient (Wildman–Crippen LogP) is 2.81. The molecule has 0 saturated carbocycles. The Kier molecular flexibility index (Phi) is 7.80. The maximum absolute atomic E-state index is 13.4. The minimum Gasteiger partial charge on any atom is -0.467 e. The molecule has 33 heavy (non-hydrogen) atoms. The molecule has 2 saturated heterocycles. The lowest BCUT2D eigenvalue weighted by atomic mass is 9.93. The first-order valence-electron chi connectivity index (χ1n) is 10.3. The van der Waals surface area contributed by atoms with Crippen LogP contribution in [0.25, 0.3) is 0 Å². The standard InChI is InChI=1S/C21H24F3NO6S2/c1-30-20(27)16-10-14(33(28,29)18-5-3-2-4-15(18)21(22,23)24)12-25(16)19(32)11-17(26)13-6-8-31-9-7-13/h2-5,13-14,16H,6-12H2,1H3/t14-,16+/m1/s1. The lowest BCUT2D eigenvalue weighted by Crippen LogP contribution is -2.42. The van der Waals surface area contributed by atoms with Gasteiger partial charge in [-0.05, 0) is 31.4 Å². The van der Waals surface area contributed by atoms with E-state index in [1.165, 1.54) is 11.0 Å². The van der Waals surface area contributed by atoms with Gasteiger partial charge in [-0.25, -0.2) is 13.2 Å². The van der Waals surface area contributed by atoms with Crippen LogP contribution in [0, 0.1) is 5.92 Å². The molecule has 2 atom stereocenters. The monoisotopic (exact) mass is 507 g/mol. The third kappa shape index (κ3) is 5.55. The zero-order valence-corrected chi connectivity index (χ0v) is 19.5. The second-order valence-electron chi connectivity index (χ2n) is 8.01. The van der Waals surface area contributed by atoms with E-state index in [9.17, 15) is 31.2 Å². The Labute approximate surface area is 195 Å². The fourth-order valence-corrected chi connectivity index (χ4v) is 6.45. The number of methoxy groups -OCH3 is 1. The highest BCUT2D eigenvalue weighted by Gasteiger charge is 2.47. The highest BCUT2D eigenvalue weighted by atomic mass is 32.2. The quantitative estimate of drug-likeness (QED) is 0.429. The second kappa shape index (κ2) is 10.1. The van der Waals surface area contributed by atoms with Crippen molar-refractivity contribution in [2.75, 3.05) is 26.9 Å². The summed E-state index contributed by atoms with van der Waals surface area (Å²) in [6, 6.07) is 2.82. The summed E-state index contributed by atoms with van der Waals surface area (Å²) in [6.07, 6.45) is -4.23. The number of sulfone groups is 1. The molecule has 1 aromatic carbocycles. The number of hydrogen-bond donors (Lipinski definition) is 0. The van der Waals surface area contributed by atoms with E-state index in [4.69, 9.17) is 21.7 Å². The molecular formula is C21H24F3NO6S2. The minimum absolute atomic E-state index is 0.0729. The van der Waals surface area contributed by atoms with Gasteiger partial charge in [-0.15, -0.1) is 0 Å². The van der Waals surface area contributed by atoms with Crippen molar-refractivity contribution in [2.45, 2.75) is 48.0 Å². The van der Waals surface area contributed by atoms with Gasteiger partial charge in [-0.2, -0.15) is 13.2 Å². The minimum atomic E-state index is -4.87. The average Bonchev–Trinajstić information content (AvgIpc) is 3.25. The number of esters is 1. The fourth-order valence-electron chi connectivity index (χ4n) is 4.20. The summed E-state index contributed by atoms with van der Waals surface area (Å²) in [7, 11) is -3.35. The molecule has 0 unspecified atom stereocenters. The molecule has 0 aromatic heterocycles. The highest BCUT2D eigenvalue weighted by molar-refractivity contribution is 7.92. The number of hydrogen-bond acceptors (Lipinski definition) is 7. The second-order valence-corrected chi connectivity index (χ2v) is 10.7. The summed E-state index contributed by atoms with van der Waals surface area (Å²) >= 11 is 5.37. The van der Waals surface area contributed by atoms with Gasteiger partial charge in [0, 0.05) is 25.7 Å². The molecular weight excluding hydrogens is 483 g/mol. The van der Waals surface area contributed by atoms with Crippen molar-refractivity contribution >= 4 is 38.8 Å². The number of ketones is 1. The van der Waals surface area contributed by atoms with Crippen molar-refractivity contribution in [1.29, 1.82) is 0 Å². The van der Waals surface area contributed by atoms with Crippen molar-refractivity contribution in [2.24, 2.45) is 5.92 Å². The molecule has 2 aliphatic heterocycles. The Balaban J connectivity index is 1.85. The van der Waals surface area contributed by atoms with Gasteiger partial charge >= 0.3 is 12.1 Å². The molecule has 2 fully saturated rings. The van der Waals surface area contributed by atoms with E-state index < -0.39 is 43.7 Å². The Bertz CT molecular complexity index is 1020. The molecule has 1 aromatic rings. The molecule has 3 rings (SSSR count). The van der Waals surface area contributed by atoms with Crippen molar-refractivity contribution in [1.82, 2.24) is 4.90 Å². The van der Waals surface area contributed by atoms with E-state index in [1.807, 2.05) is 0 Å². The first kappa shape index (κ1) is 25.6. The highest BCUT2D eigenvalue weighted by Crippen LogP contribution is 2.38. The van der Waals surface area contributed by atoms with E-state index in [1.54, 1.807) is 0 Å². The van der Waals surface area contributed by atoms with Crippen LogP contribution in [0.4, 0.5) is 13.2 Å². The fraction of sp³-hybridized carbons (Fsp3) is 0.571. The number of benzene rings is 1. The van der Waals surface area contributed by atoms with Crippen LogP contribution in [-0.2, 0) is 35.1 Å². The Hall–Kier alpha value is -2.05. The van der Waals surface area contributed by atoms with E-state index >= 15 is 0 Å². The van der Waals surface area contributed by atoms with E-state index in [2.05, 4.69) is 0 Å². The summed E-state index contributed by atoms with van der Waals surface area (Å²) in [5.41, 5.74) is -1.27. The molecule has 12 heteroatoms. The van der Waals surface area contributed by atoms with Gasteiger partial charge in [0.05, 0.1) is 34.2 Å². The van der Waals surface area contributed by atoms with Crippen molar-refractivity contribution in [3.05, 3.63) is 29.8 Å². The van der Waals surface area contributed by atoms with Gasteiger partial charge in [-0.3, -0.25) is 4.79 Å². The van der Waals surface area contributed by atoms with E-state index in [-0.39, 0.29) is 36.1 Å². The summed E-state index contributed by atoms with van der Waals surface area (Å²) < 4.78 is 76.7. The summed E-state index contributed by atoms with van der Waals surface area (Å²) in [4.78, 5) is 25.5. The molecule has 0 amide bonds. The van der Waals surface area contributed by atoms with E-state index in [0.29, 0.717) is 32.1 Å². The number of nitrogens with zero attached hydrogens (tertiary/aromatic N) is 1. The lowest BCUT2D eigenvalue weighted by molar-refractivity contribution is -0.144. The van der Waals surface area contributed by atoms with Gasteiger partial charge < -0.3 is 14.4 Å². The first-order chi connectivity index (χ1) is 15.5. The summed E-state index contributed by atoms with van der Waals surface area (Å²) in [5.74, 6) is -1.15. The number of alkyl halides is 3. The topological polar surface area (TPSA) is 90.0 Å². The van der Waals surface area contributed by atoms with Crippen LogP contribution in [0.1, 0.15) is 31.2 Å². The number of carbonyl (C=O) groups is 2. The number of thiocarbonyl (C=S) groups is 1. The molecule has 0 N–H and O–H groups in total. The van der Waals surface area contributed by atoms with Crippen LogP contribution in [0.15, 0.2) is 29.2 Å². The molecule has 0 bridgehead atoms. The van der Waals surface area contributed by atoms with Crippen LogP contribution in [0.2, 0.25) is 0 Å². The first-order valence-corrected chi connectivity index (χ1v) is 12.3. The number of rotatable bonds is 6. The Morgan fingerprint density at radius 2 is 1.85 bits per heavy atom. The van der Waals surface area contributed by atoms with Crippen molar-refractivity contribution in [3.63, 3.8) is 0 Å². The van der Waals surface area contributed by atoms with E-state index in [0.717, 1.165) is 19.2 Å². The zero-order valence-electron chi connectivity index (χ0n) is 17.8. The largest absolute Gasteiger partial charge is 0.467 e. The van der Waals surface area contributed by atoms with Crippen LogP contribution in [0.5, 0.6) is 0 Å². The average molecular weight is 508 g/mol. The lowest BCUT2D eigenvalue weighted by Gasteiger charge is -2.27. The molecule has 0 aliphatic carbocycles. The molecule has 0 radical (unpaired) electrons. The Morgan fingerprint density at radius 1 is 1.21 bits per heavy atom. The maximum atomic E-state index is 13.4. The number of Topliss-reactive ketones (excluding diaryl/α,β-unsaturated/α-hetero) is 1. The summed E-state index contributed by atoms with van der Waals surface area (Å²) in [5, 5.41) is -1.33. The molecule has 182 valence electrons.